The molecule has 0 radical (unpaired) electrons. The number of nitrogens with zero attached hydrogens (tertiary/aromatic N) is 5. The third-order valence-corrected chi connectivity index (χ3v) is 5.72. The summed E-state index contributed by atoms with van der Waals surface area (Å²) < 4.78 is 1.67. The Morgan fingerprint density at radius 2 is 2.07 bits per heavy atom. The van der Waals surface area contributed by atoms with Crippen molar-refractivity contribution in [3.8, 4) is 0 Å². The summed E-state index contributed by atoms with van der Waals surface area (Å²) in [5.41, 5.74) is 1.53. The van der Waals surface area contributed by atoms with Gasteiger partial charge in [0.25, 0.3) is 5.56 Å². The number of fused-ring (bicyclic) bond motifs is 1. The molecule has 1 saturated heterocycles. The number of aromatic nitrogens is 5. The first-order valence-corrected chi connectivity index (χ1v) is 10.8. The maximum atomic E-state index is 12.6. The molecule has 3 heterocycles. The first kappa shape index (κ1) is 20.3. The lowest BCUT2D eigenvalue weighted by Crippen LogP contribution is -2.39. The summed E-state index contributed by atoms with van der Waals surface area (Å²) in [6, 6.07) is 9.90. The van der Waals surface area contributed by atoms with E-state index in [-0.39, 0.29) is 22.9 Å². The van der Waals surface area contributed by atoms with E-state index in [1.807, 2.05) is 35.2 Å². The Morgan fingerprint density at radius 3 is 2.87 bits per heavy atom. The van der Waals surface area contributed by atoms with Gasteiger partial charge >= 0.3 is 0 Å². The van der Waals surface area contributed by atoms with Crippen molar-refractivity contribution in [2.75, 3.05) is 13.1 Å². The first-order chi connectivity index (χ1) is 14.7. The Hall–Kier alpha value is -3.03. The monoisotopic (exact) mass is 408 g/mol. The van der Waals surface area contributed by atoms with Crippen LogP contribution in [0.2, 0.25) is 0 Å². The highest BCUT2D eigenvalue weighted by molar-refractivity contribution is 5.76. The average Bonchev–Trinajstić information content (AvgIpc) is 3.18. The van der Waals surface area contributed by atoms with Crippen LogP contribution in [0.1, 0.15) is 62.8 Å². The summed E-state index contributed by atoms with van der Waals surface area (Å²) >= 11 is 0. The lowest BCUT2D eigenvalue weighted by molar-refractivity contribution is -0.132. The van der Waals surface area contributed by atoms with Crippen LogP contribution in [0.25, 0.3) is 11.2 Å². The second kappa shape index (κ2) is 9.19. The molecule has 158 valence electrons. The number of piperidine rings is 1. The van der Waals surface area contributed by atoms with E-state index in [0.29, 0.717) is 31.0 Å². The number of amides is 1. The summed E-state index contributed by atoms with van der Waals surface area (Å²) in [7, 11) is 0. The highest BCUT2D eigenvalue weighted by Crippen LogP contribution is 2.25. The Balaban J connectivity index is 1.55. The molecule has 1 aliphatic rings. The number of nitrogens with one attached hydrogen (secondary N) is 1. The van der Waals surface area contributed by atoms with Crippen molar-refractivity contribution >= 4 is 17.1 Å². The third kappa shape index (κ3) is 4.42. The summed E-state index contributed by atoms with van der Waals surface area (Å²) in [6.07, 6.45) is 5.51. The van der Waals surface area contributed by atoms with Gasteiger partial charge in [0.1, 0.15) is 5.82 Å². The molecule has 8 nitrogen and oxygen atoms in total. The van der Waals surface area contributed by atoms with Gasteiger partial charge in [-0.15, -0.1) is 5.10 Å². The smallest absolute Gasteiger partial charge is 0.281 e. The van der Waals surface area contributed by atoms with Crippen molar-refractivity contribution in [1.82, 2.24) is 29.9 Å². The van der Waals surface area contributed by atoms with Crippen LogP contribution in [0.15, 0.2) is 35.1 Å². The van der Waals surface area contributed by atoms with Gasteiger partial charge in [-0.3, -0.25) is 9.59 Å². The van der Waals surface area contributed by atoms with E-state index in [4.69, 9.17) is 4.98 Å². The number of carbonyl (C=O) groups is 1. The molecular weight excluding hydrogens is 380 g/mol. The summed E-state index contributed by atoms with van der Waals surface area (Å²) in [5.74, 6) is 0.841. The van der Waals surface area contributed by atoms with E-state index >= 15 is 0 Å². The molecular formula is C22H28N6O2. The Labute approximate surface area is 175 Å². The minimum atomic E-state index is -0.277. The van der Waals surface area contributed by atoms with Crippen LogP contribution in [0.5, 0.6) is 0 Å². The summed E-state index contributed by atoms with van der Waals surface area (Å²) in [6.45, 7) is 4.01. The third-order valence-electron chi connectivity index (χ3n) is 5.72. The number of benzene rings is 1. The molecule has 1 atom stereocenters. The van der Waals surface area contributed by atoms with Crippen LogP contribution in [0.4, 0.5) is 0 Å². The van der Waals surface area contributed by atoms with Gasteiger partial charge in [-0.1, -0.05) is 55.3 Å². The van der Waals surface area contributed by atoms with Crippen LogP contribution in [-0.4, -0.2) is 48.9 Å². The maximum absolute atomic E-state index is 12.6. The van der Waals surface area contributed by atoms with Crippen LogP contribution in [-0.2, 0) is 11.3 Å². The highest BCUT2D eigenvalue weighted by atomic mass is 16.2. The number of carbonyl (C=O) groups excluding carboxylic acids is 1. The van der Waals surface area contributed by atoms with Crippen molar-refractivity contribution in [3.63, 3.8) is 0 Å². The fourth-order valence-electron chi connectivity index (χ4n) is 4.05. The quantitative estimate of drug-likeness (QED) is 0.607. The van der Waals surface area contributed by atoms with Gasteiger partial charge in [0.15, 0.2) is 11.2 Å². The molecule has 3 aromatic rings. The standard InChI is InChI=1S/C22H28N6O2/c1-2-3-5-12-18(29)27-13-8-11-17(15-27)20-23-21-19(22(30)24-20)25-26-28(21)14-16-9-6-4-7-10-16/h4,6-7,9-10,17H,2-3,5,8,11-15H2,1H3,(H,23,24,30). The van der Waals surface area contributed by atoms with Crippen LogP contribution in [0.3, 0.4) is 0 Å². The number of hydrogen-bond acceptors (Lipinski definition) is 5. The zero-order valence-electron chi connectivity index (χ0n) is 17.4. The molecule has 4 rings (SSSR count). The van der Waals surface area contributed by atoms with Gasteiger partial charge in [-0.2, -0.15) is 0 Å². The molecule has 1 aromatic carbocycles. The number of aromatic amines is 1. The maximum Gasteiger partial charge on any atom is 0.281 e. The topological polar surface area (TPSA) is 96.8 Å². The van der Waals surface area contributed by atoms with E-state index in [2.05, 4.69) is 22.2 Å². The highest BCUT2D eigenvalue weighted by Gasteiger charge is 2.27. The zero-order valence-corrected chi connectivity index (χ0v) is 17.4. The van der Waals surface area contributed by atoms with Gasteiger partial charge < -0.3 is 9.88 Å². The predicted octanol–water partition coefficient (Wildman–Crippen LogP) is 2.85. The molecule has 1 unspecified atom stereocenters. The Bertz CT molecular complexity index is 1060. The van der Waals surface area contributed by atoms with Gasteiger partial charge in [-0.25, -0.2) is 9.67 Å². The fraction of sp³-hybridized carbons (Fsp3) is 0.500. The van der Waals surface area contributed by atoms with Crippen molar-refractivity contribution < 1.29 is 4.79 Å². The van der Waals surface area contributed by atoms with Crippen molar-refractivity contribution in [3.05, 3.63) is 52.1 Å². The molecule has 8 heteroatoms. The number of unbranched alkanes of at least 4 members (excludes halogenated alkanes) is 2. The summed E-state index contributed by atoms with van der Waals surface area (Å²) in [4.78, 5) is 34.7. The first-order valence-electron chi connectivity index (χ1n) is 10.8. The predicted molar refractivity (Wildman–Crippen MR) is 114 cm³/mol. The van der Waals surface area contributed by atoms with E-state index in [0.717, 1.165) is 44.2 Å². The molecule has 2 aromatic heterocycles. The molecule has 0 aliphatic carbocycles. The SMILES string of the molecule is CCCCCC(=O)N1CCCC(c2nc3c(nnn3Cc3ccccc3)c(=O)[nH]2)C1. The van der Waals surface area contributed by atoms with Gasteiger partial charge in [0, 0.05) is 25.4 Å². The number of H-pyrrole nitrogens is 1. The molecule has 1 amide bonds. The van der Waals surface area contributed by atoms with Crippen LogP contribution >= 0.6 is 0 Å². The van der Waals surface area contributed by atoms with Gasteiger partial charge in [-0.05, 0) is 24.8 Å². The number of hydrogen-bond donors (Lipinski definition) is 1. The molecule has 1 N–H and O–H groups in total. The lowest BCUT2D eigenvalue weighted by Gasteiger charge is -2.32. The number of likely N-dealkylation sites (tertiary alicyclic amines) is 1. The van der Waals surface area contributed by atoms with Crippen molar-refractivity contribution in [2.45, 2.75) is 57.9 Å². The normalized spacial score (nSPS) is 16.8. The molecule has 0 spiro atoms. The van der Waals surface area contributed by atoms with Gasteiger partial charge in [0.05, 0.1) is 6.54 Å². The summed E-state index contributed by atoms with van der Waals surface area (Å²) in [5, 5.41) is 8.17. The van der Waals surface area contributed by atoms with Crippen LogP contribution in [0, 0.1) is 0 Å². The minimum Gasteiger partial charge on any atom is -0.342 e. The largest absolute Gasteiger partial charge is 0.342 e. The van der Waals surface area contributed by atoms with Crippen molar-refractivity contribution in [1.29, 1.82) is 0 Å². The Kier molecular flexibility index (Phi) is 6.21. The lowest BCUT2D eigenvalue weighted by atomic mass is 9.96. The van der Waals surface area contributed by atoms with Crippen molar-refractivity contribution in [2.24, 2.45) is 0 Å². The van der Waals surface area contributed by atoms with Crippen LogP contribution < -0.4 is 5.56 Å². The molecule has 30 heavy (non-hydrogen) atoms. The fourth-order valence-corrected chi connectivity index (χ4v) is 4.05. The van der Waals surface area contributed by atoms with E-state index < -0.39 is 0 Å². The zero-order chi connectivity index (χ0) is 20.9. The second-order valence-corrected chi connectivity index (χ2v) is 7.99. The average molecular weight is 409 g/mol. The molecule has 0 bridgehead atoms. The van der Waals surface area contributed by atoms with E-state index in [1.165, 1.54) is 0 Å². The molecule has 1 aliphatic heterocycles. The second-order valence-electron chi connectivity index (χ2n) is 7.99. The minimum absolute atomic E-state index is 0.0195. The van der Waals surface area contributed by atoms with E-state index in [1.54, 1.807) is 4.68 Å². The Morgan fingerprint density at radius 1 is 1.23 bits per heavy atom. The van der Waals surface area contributed by atoms with Gasteiger partial charge in [0.2, 0.25) is 5.91 Å². The molecule has 1 fully saturated rings. The number of rotatable bonds is 7. The van der Waals surface area contributed by atoms with E-state index in [9.17, 15) is 9.59 Å². The molecule has 0 saturated carbocycles.